The topological polar surface area (TPSA) is 115 Å². The maximum Gasteiger partial charge on any atom is 0.230 e. The molecule has 2 aromatic carbocycles. The molecule has 1 aromatic heterocycles. The first-order valence-electron chi connectivity index (χ1n) is 10.8. The third-order valence-electron chi connectivity index (χ3n) is 5.18. The van der Waals surface area contributed by atoms with Crippen LogP contribution in [-0.4, -0.2) is 41.6 Å². The van der Waals surface area contributed by atoms with E-state index in [-0.39, 0.29) is 24.0 Å². The fourth-order valence-electron chi connectivity index (χ4n) is 3.61. The lowest BCUT2D eigenvalue weighted by Crippen LogP contribution is -2.28. The molecule has 34 heavy (non-hydrogen) atoms. The number of aromatic nitrogens is 1. The smallest absolute Gasteiger partial charge is 0.230 e. The Morgan fingerprint density at radius 2 is 1.94 bits per heavy atom. The molecule has 1 unspecified atom stereocenters. The van der Waals surface area contributed by atoms with Gasteiger partial charge < -0.3 is 20.7 Å². The molecule has 0 radical (unpaired) electrons. The largest absolute Gasteiger partial charge is 0.494 e. The van der Waals surface area contributed by atoms with Crippen LogP contribution in [0.4, 0.5) is 10.7 Å². The van der Waals surface area contributed by atoms with E-state index < -0.39 is 11.8 Å². The van der Waals surface area contributed by atoms with Crippen LogP contribution in [0.25, 0.3) is 11.3 Å². The molecular weight excluding hydrogens is 472 g/mol. The number of amides is 3. The Kier molecular flexibility index (Phi) is 7.49. The molecule has 2 heterocycles. The first-order chi connectivity index (χ1) is 16.4. The summed E-state index contributed by atoms with van der Waals surface area (Å²) in [4.78, 5) is 43.2. The van der Waals surface area contributed by atoms with Gasteiger partial charge in [0.05, 0.1) is 18.3 Å². The van der Waals surface area contributed by atoms with Crippen LogP contribution in [0.3, 0.4) is 0 Å². The molecule has 1 saturated heterocycles. The van der Waals surface area contributed by atoms with E-state index in [1.165, 1.54) is 23.1 Å². The van der Waals surface area contributed by atoms with Gasteiger partial charge in [0.2, 0.25) is 17.7 Å². The normalized spacial score (nSPS) is 15.4. The molecule has 1 atom stereocenters. The summed E-state index contributed by atoms with van der Waals surface area (Å²) in [5.41, 5.74) is 7.46. The number of thiazole rings is 1. The summed E-state index contributed by atoms with van der Waals surface area (Å²) in [6.07, 6.45) is 0.127. The highest BCUT2D eigenvalue weighted by Crippen LogP contribution is 2.38. The second-order valence-corrected chi connectivity index (χ2v) is 9.82. The van der Waals surface area contributed by atoms with Crippen molar-refractivity contribution < 1.29 is 19.1 Å². The first-order valence-corrected chi connectivity index (χ1v) is 12.6. The Morgan fingerprint density at radius 3 is 2.62 bits per heavy atom. The highest BCUT2D eigenvalue weighted by atomic mass is 32.2. The van der Waals surface area contributed by atoms with Gasteiger partial charge in [0, 0.05) is 24.2 Å². The maximum absolute atomic E-state index is 13.1. The van der Waals surface area contributed by atoms with Crippen molar-refractivity contribution in [2.24, 2.45) is 11.7 Å². The van der Waals surface area contributed by atoms with Gasteiger partial charge >= 0.3 is 0 Å². The molecule has 3 amide bonds. The third kappa shape index (κ3) is 5.57. The van der Waals surface area contributed by atoms with Gasteiger partial charge in [-0.3, -0.25) is 14.4 Å². The molecule has 176 valence electrons. The number of primary amides is 1. The average Bonchev–Trinajstić information content (AvgIpc) is 3.42. The minimum atomic E-state index is -0.494. The molecule has 0 bridgehead atoms. The summed E-state index contributed by atoms with van der Waals surface area (Å²) in [6, 6.07) is 16.8. The van der Waals surface area contributed by atoms with E-state index in [0.717, 1.165) is 17.0 Å². The molecular formula is C24H24N4O4S2. The van der Waals surface area contributed by atoms with Crippen LogP contribution in [0.2, 0.25) is 0 Å². The number of rotatable bonds is 9. The van der Waals surface area contributed by atoms with Gasteiger partial charge in [0.1, 0.15) is 16.4 Å². The summed E-state index contributed by atoms with van der Waals surface area (Å²) in [5.74, 6) is -0.444. The lowest BCUT2D eigenvalue weighted by atomic mass is 10.1. The zero-order valence-corrected chi connectivity index (χ0v) is 20.2. The van der Waals surface area contributed by atoms with E-state index in [0.29, 0.717) is 28.2 Å². The fourth-order valence-corrected chi connectivity index (χ4v) is 5.41. The molecule has 0 saturated carbocycles. The van der Waals surface area contributed by atoms with Crippen LogP contribution >= 0.6 is 23.1 Å². The summed E-state index contributed by atoms with van der Waals surface area (Å²) >= 11 is 2.52. The number of carbonyl (C=O) groups is 3. The quantitative estimate of drug-likeness (QED) is 0.436. The lowest BCUT2D eigenvalue weighted by molar-refractivity contribution is -0.122. The van der Waals surface area contributed by atoms with Crippen LogP contribution in [0.1, 0.15) is 13.3 Å². The van der Waals surface area contributed by atoms with E-state index in [1.807, 2.05) is 61.5 Å². The molecule has 0 aliphatic carbocycles. The van der Waals surface area contributed by atoms with Gasteiger partial charge in [-0.05, 0) is 31.2 Å². The third-order valence-corrected chi connectivity index (χ3v) is 7.32. The number of carbonyl (C=O) groups excluding carboxylic acids is 3. The number of thioether (sulfide) groups is 1. The van der Waals surface area contributed by atoms with Crippen LogP contribution in [-0.2, 0) is 14.4 Å². The minimum Gasteiger partial charge on any atom is -0.494 e. The monoisotopic (exact) mass is 496 g/mol. The summed E-state index contributed by atoms with van der Waals surface area (Å²) in [5, 5.41) is 3.54. The minimum absolute atomic E-state index is 0.100. The molecule has 10 heteroatoms. The van der Waals surface area contributed by atoms with Crippen LogP contribution < -0.4 is 20.7 Å². The number of hydrogen-bond donors (Lipinski definition) is 2. The molecule has 3 aromatic rings. The van der Waals surface area contributed by atoms with Crippen LogP contribution in [0, 0.1) is 5.92 Å². The number of nitrogens with one attached hydrogen (secondary N) is 1. The second-order valence-electron chi connectivity index (χ2n) is 7.60. The van der Waals surface area contributed by atoms with E-state index >= 15 is 0 Å². The second kappa shape index (κ2) is 10.7. The lowest BCUT2D eigenvalue weighted by Gasteiger charge is -2.17. The van der Waals surface area contributed by atoms with Gasteiger partial charge in [-0.15, -0.1) is 0 Å². The first kappa shape index (κ1) is 23.8. The number of ether oxygens (including phenoxy) is 1. The molecule has 1 aliphatic rings. The molecule has 8 nitrogen and oxygen atoms in total. The van der Waals surface area contributed by atoms with Gasteiger partial charge in [-0.25, -0.2) is 4.98 Å². The highest BCUT2D eigenvalue weighted by Gasteiger charge is 2.35. The van der Waals surface area contributed by atoms with Crippen molar-refractivity contribution in [1.29, 1.82) is 0 Å². The predicted octanol–water partition coefficient (Wildman–Crippen LogP) is 3.78. The number of nitrogens with zero attached hydrogens (tertiary/aromatic N) is 2. The molecule has 1 aliphatic heterocycles. The van der Waals surface area contributed by atoms with Crippen molar-refractivity contribution >= 4 is 51.5 Å². The summed E-state index contributed by atoms with van der Waals surface area (Å²) < 4.78 is 6.09. The Hall–Kier alpha value is -3.37. The number of nitrogens with two attached hydrogens (primary N) is 1. The number of anilines is 2. The average molecular weight is 497 g/mol. The zero-order chi connectivity index (χ0) is 24.1. The Labute approximate surface area is 205 Å². The Morgan fingerprint density at radius 1 is 1.21 bits per heavy atom. The van der Waals surface area contributed by atoms with Crippen molar-refractivity contribution in [2.75, 3.05) is 29.1 Å². The molecule has 4 rings (SSSR count). The Bertz CT molecular complexity index is 1180. The Balaban J connectivity index is 1.49. The van der Waals surface area contributed by atoms with Gasteiger partial charge in [0.15, 0.2) is 4.34 Å². The van der Waals surface area contributed by atoms with Gasteiger partial charge in [-0.2, -0.15) is 0 Å². The van der Waals surface area contributed by atoms with Crippen molar-refractivity contribution in [1.82, 2.24) is 4.98 Å². The van der Waals surface area contributed by atoms with Crippen molar-refractivity contribution in [3.63, 3.8) is 0 Å². The van der Waals surface area contributed by atoms with E-state index in [9.17, 15) is 14.4 Å². The molecule has 1 fully saturated rings. The predicted molar refractivity (Wildman–Crippen MR) is 134 cm³/mol. The number of benzene rings is 2. The highest BCUT2D eigenvalue weighted by molar-refractivity contribution is 8.01. The SMILES string of the molecule is CCOc1ccc(N2CC(C(=O)Nc3sc(SCC(N)=O)nc3-c3ccccc3)CC2=O)cc1. The van der Waals surface area contributed by atoms with E-state index in [2.05, 4.69) is 10.3 Å². The van der Waals surface area contributed by atoms with Crippen LogP contribution in [0.5, 0.6) is 5.75 Å². The zero-order valence-electron chi connectivity index (χ0n) is 18.5. The van der Waals surface area contributed by atoms with E-state index in [4.69, 9.17) is 10.5 Å². The van der Waals surface area contributed by atoms with Crippen molar-refractivity contribution in [3.8, 4) is 17.0 Å². The summed E-state index contributed by atoms with van der Waals surface area (Å²) in [7, 11) is 0. The van der Waals surface area contributed by atoms with Gasteiger partial charge in [0.25, 0.3) is 0 Å². The van der Waals surface area contributed by atoms with Crippen molar-refractivity contribution in [3.05, 3.63) is 54.6 Å². The number of hydrogen-bond acceptors (Lipinski definition) is 7. The molecule has 0 spiro atoms. The fraction of sp³-hybridized carbons (Fsp3) is 0.250. The molecule has 3 N–H and O–H groups in total. The van der Waals surface area contributed by atoms with Crippen molar-refractivity contribution in [2.45, 2.75) is 17.7 Å². The van der Waals surface area contributed by atoms with E-state index in [1.54, 1.807) is 4.90 Å². The van der Waals surface area contributed by atoms with Crippen LogP contribution in [0.15, 0.2) is 58.9 Å². The summed E-state index contributed by atoms with van der Waals surface area (Å²) in [6.45, 7) is 2.77. The standard InChI is InChI=1S/C24H24N4O4S2/c1-2-32-18-10-8-17(9-11-18)28-13-16(12-20(28)30)22(31)27-23-21(15-6-4-3-5-7-15)26-24(34-23)33-14-19(25)29/h3-11,16H,2,12-14H2,1H3,(H2,25,29)(H,27,31). The van der Waals surface area contributed by atoms with Gasteiger partial charge in [-0.1, -0.05) is 53.4 Å². The maximum atomic E-state index is 13.1.